The number of hydrogen-bond acceptors (Lipinski definition) is 2. The Morgan fingerprint density at radius 3 is 1.50 bits per heavy atom. The lowest BCUT2D eigenvalue weighted by Crippen LogP contribution is -1.30. The number of hydrogen-bond donors (Lipinski definition) is 1. The number of rotatable bonds is 0. The van der Waals surface area contributed by atoms with Crippen LogP contribution >= 0.6 is 65.6 Å². The van der Waals surface area contributed by atoms with E-state index >= 15 is 0 Å². The maximum atomic E-state index is 2.64. The average molecular weight is 364 g/mol. The molecule has 0 aromatic heterocycles. The van der Waals surface area contributed by atoms with Gasteiger partial charge in [0, 0.05) is 0 Å². The highest BCUT2D eigenvalue weighted by Crippen LogP contribution is 3.32. The van der Waals surface area contributed by atoms with Crippen molar-refractivity contribution >= 4 is 65.6 Å². The summed E-state index contributed by atoms with van der Waals surface area (Å²) in [6.45, 7) is 0. The minimum atomic E-state index is -0.860. The van der Waals surface area contributed by atoms with Crippen LogP contribution in [0, 0.1) is 0 Å². The van der Waals surface area contributed by atoms with E-state index in [2.05, 4.69) is 64.0 Å². The van der Waals surface area contributed by atoms with Gasteiger partial charge in [-0.15, -0.1) is 1.57 Å². The molecule has 5 heteroatoms. The zero-order valence-electron chi connectivity index (χ0n) is 2.60. The van der Waals surface area contributed by atoms with E-state index in [1.54, 1.807) is 0 Å². The van der Waals surface area contributed by atoms with Crippen LogP contribution in [0.3, 0.4) is 0 Å². The fourth-order valence-corrected chi connectivity index (χ4v) is 30.3. The molecule has 0 amide bonds. The Bertz CT molecular complexity index is 110. The van der Waals surface area contributed by atoms with Crippen molar-refractivity contribution in [1.29, 1.82) is 0 Å². The van der Waals surface area contributed by atoms with Crippen LogP contribution < -0.4 is 0 Å². The molecule has 0 bridgehead atoms. The normalized spacial score (nSPS) is 60.3. The van der Waals surface area contributed by atoms with Gasteiger partial charge in [-0.3, -0.25) is 0 Å². The van der Waals surface area contributed by atoms with Crippen LogP contribution in [0.2, 0.25) is 0 Å². The molecule has 38 valence electrons. The molecular formula is CH2I2S3. The van der Waals surface area contributed by atoms with Crippen molar-refractivity contribution in [3.05, 3.63) is 0 Å². The molecule has 0 aromatic rings. The Kier molecular flexibility index (Phi) is 0.918. The molecule has 2 saturated heterocycles. The molecule has 0 nitrogen and oxygen atoms in total. The fourth-order valence-electron chi connectivity index (χ4n) is 0.268. The van der Waals surface area contributed by atoms with E-state index in [-0.39, 0.29) is 0 Å². The van der Waals surface area contributed by atoms with Gasteiger partial charge in [0.1, 0.15) is 3.91 Å². The van der Waals surface area contributed by atoms with Crippen LogP contribution in [0.15, 0.2) is 0 Å². The summed E-state index contributed by atoms with van der Waals surface area (Å²) in [6.07, 6.45) is 0. The average Bonchev–Trinajstić information content (AvgIpc) is 1.77. The lowest BCUT2D eigenvalue weighted by Gasteiger charge is -2.07. The van der Waals surface area contributed by atoms with Crippen LogP contribution in [0.4, 0.5) is 0 Å². The van der Waals surface area contributed by atoms with Gasteiger partial charge in [0.15, 0.2) is 0 Å². The van der Waals surface area contributed by atoms with Gasteiger partial charge in [0.05, 0.1) is 0 Å². The molecule has 2 aliphatic rings. The van der Waals surface area contributed by atoms with Crippen LogP contribution in [0.1, 0.15) is 0 Å². The maximum Gasteiger partial charge on any atom is 0.114 e. The highest BCUT2D eigenvalue weighted by molar-refractivity contribution is 14.3. The lowest BCUT2D eigenvalue weighted by molar-refractivity contribution is 2.27. The quantitative estimate of drug-likeness (QED) is 0.303. The van der Waals surface area contributed by atoms with E-state index in [0.717, 1.165) is 3.91 Å². The van der Waals surface area contributed by atoms with Gasteiger partial charge in [-0.2, -0.15) is 0 Å². The highest BCUT2D eigenvalue weighted by atomic mass is 127. The van der Waals surface area contributed by atoms with Gasteiger partial charge in [0.2, 0.25) is 0 Å². The molecule has 2 rings (SSSR count). The van der Waals surface area contributed by atoms with E-state index in [1.807, 2.05) is 0 Å². The zero-order valence-corrected chi connectivity index (χ0v) is 9.44. The fraction of sp³-hybridized carbons (Fsp3) is 1.00. The first-order valence-electron chi connectivity index (χ1n) is 1.43. The van der Waals surface area contributed by atoms with E-state index in [1.165, 1.54) is 0 Å². The first kappa shape index (κ1) is 5.31. The SMILES string of the molecule is I[SH]12(I)SC1S2. The first-order valence-corrected chi connectivity index (χ1v) is 12.3. The number of fused-ring (bicyclic) bond motifs is 1. The molecule has 0 spiro atoms. The molecule has 2 aliphatic heterocycles. The second kappa shape index (κ2) is 1.04. The van der Waals surface area contributed by atoms with Crippen molar-refractivity contribution in [3.63, 3.8) is 0 Å². The predicted octanol–water partition coefficient (Wildman–Crippen LogP) is 3.37. The maximum absolute atomic E-state index is 2.64. The van der Waals surface area contributed by atoms with Gasteiger partial charge in [-0.1, -0.05) is 21.6 Å². The molecule has 2 fully saturated rings. The molecule has 0 atom stereocenters. The van der Waals surface area contributed by atoms with Gasteiger partial charge in [-0.25, -0.2) is 0 Å². The van der Waals surface area contributed by atoms with E-state index in [4.69, 9.17) is 0 Å². The van der Waals surface area contributed by atoms with E-state index in [0.29, 0.717) is 0 Å². The predicted molar refractivity (Wildman–Crippen MR) is 56.0 cm³/mol. The molecule has 2 heterocycles. The Labute approximate surface area is 68.2 Å². The Morgan fingerprint density at radius 2 is 1.50 bits per heavy atom. The third-order valence-corrected chi connectivity index (χ3v) is 28.1. The molecule has 0 saturated carbocycles. The lowest BCUT2D eigenvalue weighted by atomic mass is 11.9. The van der Waals surface area contributed by atoms with Crippen molar-refractivity contribution in [2.24, 2.45) is 0 Å². The summed E-state index contributed by atoms with van der Waals surface area (Å²) in [6, 6.07) is 0. The minimum Gasteiger partial charge on any atom is -0.104 e. The summed E-state index contributed by atoms with van der Waals surface area (Å²) in [7, 11) is 4.38. The third kappa shape index (κ3) is 0.577. The summed E-state index contributed by atoms with van der Waals surface area (Å²) in [5.74, 6) is 0. The molecule has 0 aliphatic carbocycles. The van der Waals surface area contributed by atoms with Gasteiger partial charge < -0.3 is 0 Å². The van der Waals surface area contributed by atoms with Crippen LogP contribution in [-0.4, -0.2) is 3.91 Å². The standard InChI is InChI=1S/CH2I2S3/c2-6(3)1(4-6)5-6/h1,6H. The Morgan fingerprint density at radius 1 is 1.33 bits per heavy atom. The minimum absolute atomic E-state index is 0.860. The smallest absolute Gasteiger partial charge is 0.104 e. The number of thiol groups is 1. The summed E-state index contributed by atoms with van der Waals surface area (Å²) in [4.78, 5) is 0. The zero-order chi connectivity index (χ0) is 4.44. The van der Waals surface area contributed by atoms with Crippen molar-refractivity contribution < 1.29 is 0 Å². The summed E-state index contributed by atoms with van der Waals surface area (Å²) >= 11 is 5.28. The topological polar surface area (TPSA) is 0 Å². The van der Waals surface area contributed by atoms with Crippen LogP contribution in [0.5, 0.6) is 0 Å². The molecule has 0 radical (unpaired) electrons. The molecule has 0 N–H and O–H groups in total. The van der Waals surface area contributed by atoms with Gasteiger partial charge in [-0.05, 0) is 42.4 Å². The van der Waals surface area contributed by atoms with Crippen LogP contribution in [-0.2, 0) is 0 Å². The van der Waals surface area contributed by atoms with E-state index < -0.39 is 1.57 Å². The van der Waals surface area contributed by atoms with Crippen molar-refractivity contribution in [3.8, 4) is 0 Å². The number of halogens is 2. The molecule has 6 heavy (non-hydrogen) atoms. The summed E-state index contributed by atoms with van der Waals surface area (Å²) in [5, 5.41) is 0. The molecule has 0 unspecified atom stereocenters. The molecular weight excluding hydrogens is 362 g/mol. The van der Waals surface area contributed by atoms with Gasteiger partial charge >= 0.3 is 0 Å². The second-order valence-corrected chi connectivity index (χ2v) is 37.8. The largest absolute Gasteiger partial charge is 0.114 e. The second-order valence-electron chi connectivity index (χ2n) is 1.34. The monoisotopic (exact) mass is 364 g/mol. The van der Waals surface area contributed by atoms with Crippen LogP contribution in [0.25, 0.3) is 0 Å². The first-order chi connectivity index (χ1) is 2.60. The summed E-state index contributed by atoms with van der Waals surface area (Å²) < 4.78 is 0.221. The van der Waals surface area contributed by atoms with Gasteiger partial charge in [0.25, 0.3) is 0 Å². The highest BCUT2D eigenvalue weighted by Gasteiger charge is 2.78. The third-order valence-electron chi connectivity index (χ3n) is 0.788. The Hall–Kier alpha value is 2.51. The van der Waals surface area contributed by atoms with Crippen molar-refractivity contribution in [2.75, 3.05) is 0 Å². The van der Waals surface area contributed by atoms with E-state index in [9.17, 15) is 0 Å². The Balaban J connectivity index is 2.45. The molecule has 0 aromatic carbocycles. The van der Waals surface area contributed by atoms with Crippen molar-refractivity contribution in [1.82, 2.24) is 0 Å². The summed E-state index contributed by atoms with van der Waals surface area (Å²) in [5.41, 5.74) is 0. The van der Waals surface area contributed by atoms with Crippen molar-refractivity contribution in [2.45, 2.75) is 3.91 Å².